The molecule has 0 saturated heterocycles. The summed E-state index contributed by atoms with van der Waals surface area (Å²) in [6.45, 7) is 1.13. The van der Waals surface area contributed by atoms with Gasteiger partial charge in [0.2, 0.25) is 0 Å². The predicted octanol–water partition coefficient (Wildman–Crippen LogP) is 2.43. The van der Waals surface area contributed by atoms with Crippen molar-refractivity contribution in [2.75, 3.05) is 12.8 Å². The predicted molar refractivity (Wildman–Crippen MR) is 70.2 cm³/mol. The molecular weight excluding hydrogens is 229 g/mol. The third kappa shape index (κ3) is 3.05. The lowest BCUT2D eigenvalue weighted by Gasteiger charge is -2.17. The molecule has 0 fully saturated rings. The molecule has 0 atom stereocenters. The van der Waals surface area contributed by atoms with E-state index in [9.17, 15) is 4.39 Å². The molecule has 94 valence electrons. The smallest absolute Gasteiger partial charge is 0.129 e. The Balaban J connectivity index is 2.06. The summed E-state index contributed by atoms with van der Waals surface area (Å²) in [5.74, 6) is -0.261. The minimum Gasteiger partial charge on any atom is -0.398 e. The number of nitrogen functional groups attached to an aromatic ring is 1. The van der Waals surface area contributed by atoms with Gasteiger partial charge >= 0.3 is 0 Å². The maximum absolute atomic E-state index is 13.6. The number of hydrogen-bond donors (Lipinski definition) is 1. The SMILES string of the molecule is CN(Cc1ccccn1)Cc1c(N)cccc1F. The van der Waals surface area contributed by atoms with E-state index in [-0.39, 0.29) is 5.82 Å². The molecule has 0 aliphatic rings. The fourth-order valence-electron chi connectivity index (χ4n) is 1.84. The molecule has 3 nitrogen and oxygen atoms in total. The van der Waals surface area contributed by atoms with Gasteiger partial charge in [-0.1, -0.05) is 12.1 Å². The van der Waals surface area contributed by atoms with Gasteiger partial charge in [-0.25, -0.2) is 4.39 Å². The van der Waals surface area contributed by atoms with Crippen LogP contribution in [0, 0.1) is 5.82 Å². The van der Waals surface area contributed by atoms with Gasteiger partial charge in [-0.2, -0.15) is 0 Å². The second-order valence-electron chi connectivity index (χ2n) is 4.30. The van der Waals surface area contributed by atoms with Crippen molar-refractivity contribution in [1.82, 2.24) is 9.88 Å². The lowest BCUT2D eigenvalue weighted by Crippen LogP contribution is -2.19. The topological polar surface area (TPSA) is 42.2 Å². The van der Waals surface area contributed by atoms with Crippen LogP contribution in [0.3, 0.4) is 0 Å². The van der Waals surface area contributed by atoms with Gasteiger partial charge in [0, 0.05) is 30.5 Å². The zero-order valence-corrected chi connectivity index (χ0v) is 10.3. The van der Waals surface area contributed by atoms with E-state index in [0.717, 1.165) is 5.69 Å². The fourth-order valence-corrected chi connectivity index (χ4v) is 1.84. The summed E-state index contributed by atoms with van der Waals surface area (Å²) in [5.41, 5.74) is 7.76. The number of halogens is 1. The molecule has 0 bridgehead atoms. The molecule has 4 heteroatoms. The Morgan fingerprint density at radius 3 is 2.67 bits per heavy atom. The van der Waals surface area contributed by atoms with E-state index >= 15 is 0 Å². The lowest BCUT2D eigenvalue weighted by atomic mass is 10.1. The molecule has 1 aromatic heterocycles. The van der Waals surface area contributed by atoms with Crippen LogP contribution in [0.4, 0.5) is 10.1 Å². The van der Waals surface area contributed by atoms with Crippen molar-refractivity contribution in [3.63, 3.8) is 0 Å². The van der Waals surface area contributed by atoms with Crippen molar-refractivity contribution in [3.8, 4) is 0 Å². The van der Waals surface area contributed by atoms with Gasteiger partial charge in [0.25, 0.3) is 0 Å². The van der Waals surface area contributed by atoms with Gasteiger partial charge in [-0.3, -0.25) is 9.88 Å². The number of aromatic nitrogens is 1. The first-order valence-corrected chi connectivity index (χ1v) is 5.78. The maximum Gasteiger partial charge on any atom is 0.129 e. The number of benzene rings is 1. The van der Waals surface area contributed by atoms with E-state index in [0.29, 0.717) is 24.3 Å². The number of rotatable bonds is 4. The molecule has 0 aliphatic heterocycles. The van der Waals surface area contributed by atoms with E-state index in [4.69, 9.17) is 5.73 Å². The van der Waals surface area contributed by atoms with Crippen molar-refractivity contribution >= 4 is 5.69 Å². The summed E-state index contributed by atoms with van der Waals surface area (Å²) in [6.07, 6.45) is 1.75. The Bertz CT molecular complexity index is 493. The van der Waals surface area contributed by atoms with Crippen LogP contribution in [-0.4, -0.2) is 16.9 Å². The molecule has 1 heterocycles. The summed E-state index contributed by atoms with van der Waals surface area (Å²) < 4.78 is 13.6. The van der Waals surface area contributed by atoms with Gasteiger partial charge in [0.15, 0.2) is 0 Å². The molecular formula is C14H16FN3. The third-order valence-electron chi connectivity index (χ3n) is 2.74. The summed E-state index contributed by atoms with van der Waals surface area (Å²) in [4.78, 5) is 6.22. The van der Waals surface area contributed by atoms with Gasteiger partial charge < -0.3 is 5.73 Å². The Hall–Kier alpha value is -1.94. The number of anilines is 1. The lowest BCUT2D eigenvalue weighted by molar-refractivity contribution is 0.310. The maximum atomic E-state index is 13.6. The van der Waals surface area contributed by atoms with Crippen LogP contribution in [0.2, 0.25) is 0 Å². The van der Waals surface area contributed by atoms with E-state index in [2.05, 4.69) is 4.98 Å². The Kier molecular flexibility index (Phi) is 3.89. The van der Waals surface area contributed by atoms with Crippen LogP contribution < -0.4 is 5.73 Å². The first-order chi connectivity index (χ1) is 8.66. The van der Waals surface area contributed by atoms with Crippen LogP contribution in [0.5, 0.6) is 0 Å². The van der Waals surface area contributed by atoms with Crippen LogP contribution in [0.1, 0.15) is 11.3 Å². The van der Waals surface area contributed by atoms with Crippen LogP contribution in [0.15, 0.2) is 42.6 Å². The van der Waals surface area contributed by atoms with Crippen LogP contribution in [0.25, 0.3) is 0 Å². The Morgan fingerprint density at radius 2 is 2.00 bits per heavy atom. The molecule has 0 spiro atoms. The standard InChI is InChI=1S/C14H16FN3/c1-18(9-11-5-2-3-8-17-11)10-12-13(15)6-4-7-14(12)16/h2-8H,9-10,16H2,1H3. The molecule has 0 aliphatic carbocycles. The summed E-state index contributed by atoms with van der Waals surface area (Å²) >= 11 is 0. The quantitative estimate of drug-likeness (QED) is 0.841. The molecule has 1 aromatic carbocycles. The molecule has 0 radical (unpaired) electrons. The highest BCUT2D eigenvalue weighted by atomic mass is 19.1. The number of nitrogens with two attached hydrogens (primary N) is 1. The second kappa shape index (κ2) is 5.60. The van der Waals surface area contributed by atoms with E-state index in [1.165, 1.54) is 6.07 Å². The highest BCUT2D eigenvalue weighted by molar-refractivity contribution is 5.47. The zero-order valence-electron chi connectivity index (χ0n) is 10.3. The highest BCUT2D eigenvalue weighted by Gasteiger charge is 2.09. The largest absolute Gasteiger partial charge is 0.398 e. The van der Waals surface area contributed by atoms with Crippen LogP contribution in [-0.2, 0) is 13.1 Å². The van der Waals surface area contributed by atoms with Gasteiger partial charge in [-0.05, 0) is 31.3 Å². The monoisotopic (exact) mass is 245 g/mol. The Morgan fingerprint density at radius 1 is 1.17 bits per heavy atom. The summed E-state index contributed by atoms with van der Waals surface area (Å²) in [6, 6.07) is 10.5. The minimum absolute atomic E-state index is 0.261. The van der Waals surface area contributed by atoms with Crippen molar-refractivity contribution in [2.24, 2.45) is 0 Å². The third-order valence-corrected chi connectivity index (χ3v) is 2.74. The van der Waals surface area contributed by atoms with E-state index < -0.39 is 0 Å². The average molecular weight is 245 g/mol. The Labute approximate surface area is 106 Å². The highest BCUT2D eigenvalue weighted by Crippen LogP contribution is 2.17. The average Bonchev–Trinajstić information content (AvgIpc) is 2.35. The second-order valence-corrected chi connectivity index (χ2v) is 4.30. The number of hydrogen-bond acceptors (Lipinski definition) is 3. The number of nitrogens with zero attached hydrogens (tertiary/aromatic N) is 2. The first-order valence-electron chi connectivity index (χ1n) is 5.78. The van der Waals surface area contributed by atoms with Crippen molar-refractivity contribution in [1.29, 1.82) is 0 Å². The summed E-state index contributed by atoms with van der Waals surface area (Å²) in [7, 11) is 1.92. The number of pyridine rings is 1. The first kappa shape index (κ1) is 12.5. The molecule has 18 heavy (non-hydrogen) atoms. The molecule has 2 N–H and O–H groups in total. The van der Waals surface area contributed by atoms with Gasteiger partial charge in [-0.15, -0.1) is 0 Å². The molecule has 2 rings (SSSR count). The molecule has 2 aromatic rings. The van der Waals surface area contributed by atoms with Crippen molar-refractivity contribution < 1.29 is 4.39 Å². The van der Waals surface area contributed by atoms with Crippen molar-refractivity contribution in [2.45, 2.75) is 13.1 Å². The van der Waals surface area contributed by atoms with Gasteiger partial charge in [0.1, 0.15) is 5.82 Å². The normalized spacial score (nSPS) is 10.8. The molecule has 0 saturated carbocycles. The molecule has 0 unspecified atom stereocenters. The molecule has 0 amide bonds. The minimum atomic E-state index is -0.261. The van der Waals surface area contributed by atoms with Gasteiger partial charge in [0.05, 0.1) is 5.69 Å². The van der Waals surface area contributed by atoms with E-state index in [1.54, 1.807) is 18.3 Å². The zero-order chi connectivity index (χ0) is 13.0. The summed E-state index contributed by atoms with van der Waals surface area (Å²) in [5, 5.41) is 0. The van der Waals surface area contributed by atoms with Crippen LogP contribution >= 0.6 is 0 Å². The van der Waals surface area contributed by atoms with E-state index in [1.807, 2.05) is 30.1 Å². The fraction of sp³-hybridized carbons (Fsp3) is 0.214. The van der Waals surface area contributed by atoms with Crippen molar-refractivity contribution in [3.05, 3.63) is 59.7 Å².